The van der Waals surface area contributed by atoms with Gasteiger partial charge in [0.1, 0.15) is 11.6 Å². The molecule has 12 heteroatoms. The normalized spacial score (nSPS) is 12.2. The van der Waals surface area contributed by atoms with Crippen molar-refractivity contribution in [2.45, 2.75) is 45.1 Å². The van der Waals surface area contributed by atoms with Crippen LogP contribution in [0.4, 0.5) is 42.2 Å². The third kappa shape index (κ3) is 7.00. The number of hydrogen-bond donors (Lipinski definition) is 2. The Labute approximate surface area is 255 Å². The lowest BCUT2D eigenvalue weighted by atomic mass is 9.81. The molecule has 0 aliphatic heterocycles. The summed E-state index contributed by atoms with van der Waals surface area (Å²) in [4.78, 5) is 19.5. The molecular formula is C33H29F7N4O. The van der Waals surface area contributed by atoms with Gasteiger partial charge in [-0.2, -0.15) is 26.3 Å². The van der Waals surface area contributed by atoms with Crippen LogP contribution in [-0.4, -0.2) is 24.2 Å². The van der Waals surface area contributed by atoms with Crippen LogP contribution in [0.3, 0.4) is 0 Å². The van der Waals surface area contributed by atoms with E-state index in [2.05, 4.69) is 10.3 Å². The molecule has 0 saturated heterocycles. The number of alkyl halides is 6. The van der Waals surface area contributed by atoms with E-state index in [4.69, 9.17) is 5.41 Å². The SMILES string of the molecule is Cc1cc(F)ccc1-c1c(N(C)C(=O)C(C)(C)c2cc(C(F)(F)F)cc(C(F)(F)F)c2)cnc(NCc2ccccc2)c1C=N. The number of halogens is 7. The van der Waals surface area contributed by atoms with Gasteiger partial charge in [0.15, 0.2) is 0 Å². The predicted molar refractivity (Wildman–Crippen MR) is 159 cm³/mol. The summed E-state index contributed by atoms with van der Waals surface area (Å²) < 4.78 is 95.8. The van der Waals surface area contributed by atoms with Crippen LogP contribution in [0.5, 0.6) is 0 Å². The van der Waals surface area contributed by atoms with Crippen molar-refractivity contribution in [2.24, 2.45) is 0 Å². The van der Waals surface area contributed by atoms with Gasteiger partial charge in [-0.1, -0.05) is 36.4 Å². The third-order valence-electron chi connectivity index (χ3n) is 7.51. The quantitative estimate of drug-likeness (QED) is 0.151. The summed E-state index contributed by atoms with van der Waals surface area (Å²) in [6.07, 6.45) is -7.87. The van der Waals surface area contributed by atoms with Crippen LogP contribution in [-0.2, 0) is 29.1 Å². The molecule has 0 atom stereocenters. The number of rotatable bonds is 8. The highest BCUT2D eigenvalue weighted by Crippen LogP contribution is 2.42. The van der Waals surface area contributed by atoms with E-state index >= 15 is 0 Å². The lowest BCUT2D eigenvalue weighted by Gasteiger charge is -2.32. The number of anilines is 2. The first-order chi connectivity index (χ1) is 20.9. The van der Waals surface area contributed by atoms with E-state index in [0.717, 1.165) is 16.7 Å². The highest BCUT2D eigenvalue weighted by Gasteiger charge is 2.41. The van der Waals surface area contributed by atoms with E-state index in [1.165, 1.54) is 45.3 Å². The lowest BCUT2D eigenvalue weighted by molar-refractivity contribution is -0.143. The number of carbonyl (C=O) groups is 1. The molecule has 1 aromatic heterocycles. The first-order valence-corrected chi connectivity index (χ1v) is 13.6. The van der Waals surface area contributed by atoms with Crippen LogP contribution in [0, 0.1) is 18.2 Å². The van der Waals surface area contributed by atoms with Crippen LogP contribution >= 0.6 is 0 Å². The van der Waals surface area contributed by atoms with E-state index in [1.54, 1.807) is 6.92 Å². The second kappa shape index (κ2) is 12.3. The fourth-order valence-corrected chi connectivity index (χ4v) is 4.99. The molecule has 0 unspecified atom stereocenters. The van der Waals surface area contributed by atoms with Gasteiger partial charge in [-0.15, -0.1) is 0 Å². The summed E-state index contributed by atoms with van der Waals surface area (Å²) in [6, 6.07) is 14.3. The molecule has 0 bridgehead atoms. The Kier molecular flexibility index (Phi) is 9.09. The van der Waals surface area contributed by atoms with Crippen molar-refractivity contribution in [3.05, 3.63) is 112 Å². The predicted octanol–water partition coefficient (Wildman–Crippen LogP) is 8.78. The van der Waals surface area contributed by atoms with Crippen LogP contribution in [0.25, 0.3) is 11.1 Å². The average Bonchev–Trinajstić information content (AvgIpc) is 2.98. The number of aryl methyl sites for hydroxylation is 1. The van der Waals surface area contributed by atoms with Gasteiger partial charge in [0.2, 0.25) is 5.91 Å². The van der Waals surface area contributed by atoms with Crippen molar-refractivity contribution >= 4 is 23.6 Å². The largest absolute Gasteiger partial charge is 0.416 e. The molecule has 4 aromatic rings. The fraction of sp³-hybridized carbons (Fsp3) is 0.242. The number of aromatic nitrogens is 1. The zero-order chi connectivity index (χ0) is 33.3. The number of nitrogens with one attached hydrogen (secondary N) is 2. The van der Waals surface area contributed by atoms with Gasteiger partial charge < -0.3 is 15.6 Å². The van der Waals surface area contributed by atoms with E-state index < -0.39 is 46.2 Å². The molecule has 0 radical (unpaired) electrons. The topological polar surface area (TPSA) is 69.1 Å². The van der Waals surface area contributed by atoms with Crippen molar-refractivity contribution in [3.63, 3.8) is 0 Å². The summed E-state index contributed by atoms with van der Waals surface area (Å²) in [5, 5.41) is 11.4. The monoisotopic (exact) mass is 630 g/mol. The summed E-state index contributed by atoms with van der Waals surface area (Å²) in [6.45, 7) is 4.41. The number of nitrogens with zero attached hydrogens (tertiary/aromatic N) is 2. The van der Waals surface area contributed by atoms with E-state index in [9.17, 15) is 35.5 Å². The Balaban J connectivity index is 1.86. The molecule has 236 valence electrons. The molecule has 0 aliphatic carbocycles. The Hall–Kier alpha value is -4.74. The lowest BCUT2D eigenvalue weighted by Crippen LogP contribution is -2.42. The maximum atomic E-state index is 14.1. The molecule has 1 amide bonds. The number of benzene rings is 3. The second-order valence-corrected chi connectivity index (χ2v) is 11.0. The minimum atomic E-state index is -5.10. The first-order valence-electron chi connectivity index (χ1n) is 13.6. The third-order valence-corrected chi connectivity index (χ3v) is 7.51. The minimum Gasteiger partial charge on any atom is -0.365 e. The molecule has 0 spiro atoms. The van der Waals surface area contributed by atoms with Gasteiger partial charge >= 0.3 is 12.4 Å². The van der Waals surface area contributed by atoms with Crippen molar-refractivity contribution in [1.29, 1.82) is 5.41 Å². The zero-order valence-corrected chi connectivity index (χ0v) is 24.7. The van der Waals surface area contributed by atoms with Gasteiger partial charge in [-0.3, -0.25) is 4.79 Å². The highest BCUT2D eigenvalue weighted by atomic mass is 19.4. The summed E-state index contributed by atoms with van der Waals surface area (Å²) in [5.41, 5.74) is -3.04. The molecule has 2 N–H and O–H groups in total. The van der Waals surface area contributed by atoms with Gasteiger partial charge in [0.05, 0.1) is 28.4 Å². The molecule has 0 saturated carbocycles. The number of carbonyl (C=O) groups excluding carboxylic acids is 1. The zero-order valence-electron chi connectivity index (χ0n) is 24.7. The van der Waals surface area contributed by atoms with Crippen molar-refractivity contribution in [1.82, 2.24) is 4.98 Å². The van der Waals surface area contributed by atoms with Crippen molar-refractivity contribution in [3.8, 4) is 11.1 Å². The fourth-order valence-electron chi connectivity index (χ4n) is 4.99. The summed E-state index contributed by atoms with van der Waals surface area (Å²) in [5.74, 6) is -1.11. The molecule has 0 aliphatic rings. The van der Waals surface area contributed by atoms with Crippen LogP contribution < -0.4 is 10.2 Å². The van der Waals surface area contributed by atoms with Gasteiger partial charge in [-0.05, 0) is 73.4 Å². The Bertz CT molecular complexity index is 1700. The van der Waals surface area contributed by atoms with E-state index in [-0.39, 0.29) is 23.1 Å². The minimum absolute atomic E-state index is 0.00460. The number of amides is 1. The summed E-state index contributed by atoms with van der Waals surface area (Å²) in [7, 11) is 1.31. The first kappa shape index (κ1) is 33.2. The van der Waals surface area contributed by atoms with Crippen LogP contribution in [0.2, 0.25) is 0 Å². The van der Waals surface area contributed by atoms with Crippen LogP contribution in [0.1, 0.15) is 47.2 Å². The van der Waals surface area contributed by atoms with Crippen molar-refractivity contribution < 1.29 is 35.5 Å². The number of pyridine rings is 1. The summed E-state index contributed by atoms with van der Waals surface area (Å²) >= 11 is 0. The molecular weight excluding hydrogens is 601 g/mol. The van der Waals surface area contributed by atoms with E-state index in [1.807, 2.05) is 30.3 Å². The maximum absolute atomic E-state index is 14.1. The molecule has 0 fully saturated rings. The van der Waals surface area contributed by atoms with E-state index in [0.29, 0.717) is 35.4 Å². The van der Waals surface area contributed by atoms with Crippen LogP contribution in [0.15, 0.2) is 72.9 Å². The molecule has 4 rings (SSSR count). The maximum Gasteiger partial charge on any atom is 0.416 e. The standard InChI is InChI=1S/C33H29F7N4O/c1-19-12-24(34)10-11-25(19)28-26(16-41)29(42-17-20-8-6-5-7-9-20)43-18-27(28)44(4)30(45)31(2,3)21-13-22(32(35,36)37)15-23(14-21)33(38,39)40/h5-16,18,41H,17H2,1-4H3,(H,42,43). The van der Waals surface area contributed by atoms with Gasteiger partial charge in [0, 0.05) is 30.9 Å². The Morgan fingerprint density at radius 2 is 1.49 bits per heavy atom. The van der Waals surface area contributed by atoms with Gasteiger partial charge in [0.25, 0.3) is 0 Å². The molecule has 1 heterocycles. The highest BCUT2D eigenvalue weighted by molar-refractivity contribution is 6.07. The number of likely N-dealkylation sites (N-methyl/N-ethyl adjacent to an activating group) is 1. The Morgan fingerprint density at radius 3 is 2.02 bits per heavy atom. The molecule has 5 nitrogen and oxygen atoms in total. The van der Waals surface area contributed by atoms with Crippen molar-refractivity contribution in [2.75, 3.05) is 17.3 Å². The Morgan fingerprint density at radius 1 is 0.911 bits per heavy atom. The van der Waals surface area contributed by atoms with Gasteiger partial charge in [-0.25, -0.2) is 9.37 Å². The molecule has 3 aromatic carbocycles. The smallest absolute Gasteiger partial charge is 0.365 e. The molecule has 45 heavy (non-hydrogen) atoms. The second-order valence-electron chi connectivity index (χ2n) is 11.0. The average molecular weight is 631 g/mol. The number of hydrogen-bond acceptors (Lipinski definition) is 4.